The molecule has 0 saturated heterocycles. The van der Waals surface area contributed by atoms with Crippen molar-refractivity contribution in [2.24, 2.45) is 0 Å². The SMILES string of the molecule is CNC1C(=O)N(C2C=CC2)C2CCCC2c2ccsc21. The lowest BCUT2D eigenvalue weighted by Gasteiger charge is -2.40. The topological polar surface area (TPSA) is 32.3 Å². The van der Waals surface area contributed by atoms with Gasteiger partial charge in [-0.3, -0.25) is 4.79 Å². The van der Waals surface area contributed by atoms with E-state index in [-0.39, 0.29) is 11.9 Å². The maximum atomic E-state index is 13.1. The molecule has 20 heavy (non-hydrogen) atoms. The van der Waals surface area contributed by atoms with Gasteiger partial charge in [-0.25, -0.2) is 0 Å². The molecule has 1 aromatic rings. The van der Waals surface area contributed by atoms with Gasteiger partial charge in [0.15, 0.2) is 0 Å². The molecule has 4 atom stereocenters. The molecule has 0 aromatic carbocycles. The van der Waals surface area contributed by atoms with Crippen LogP contribution in [0.25, 0.3) is 0 Å². The summed E-state index contributed by atoms with van der Waals surface area (Å²) in [6.07, 6.45) is 9.03. The fraction of sp³-hybridized carbons (Fsp3) is 0.562. The van der Waals surface area contributed by atoms with Gasteiger partial charge in [0.05, 0.1) is 6.04 Å². The summed E-state index contributed by atoms with van der Waals surface area (Å²) in [5.74, 6) is 0.826. The lowest BCUT2D eigenvalue weighted by atomic mass is 9.92. The first kappa shape index (κ1) is 12.6. The smallest absolute Gasteiger partial charge is 0.245 e. The van der Waals surface area contributed by atoms with E-state index in [1.807, 2.05) is 7.05 Å². The van der Waals surface area contributed by atoms with Gasteiger partial charge in [0.2, 0.25) is 5.91 Å². The molecule has 1 aromatic heterocycles. The van der Waals surface area contributed by atoms with Crippen molar-refractivity contribution in [3.63, 3.8) is 0 Å². The Morgan fingerprint density at radius 2 is 2.25 bits per heavy atom. The molecule has 1 amide bonds. The van der Waals surface area contributed by atoms with Crippen molar-refractivity contribution in [3.8, 4) is 0 Å². The number of nitrogens with zero attached hydrogens (tertiary/aromatic N) is 1. The van der Waals surface area contributed by atoms with Crippen LogP contribution >= 0.6 is 11.3 Å². The average Bonchev–Trinajstić information content (AvgIpc) is 3.00. The van der Waals surface area contributed by atoms with Gasteiger partial charge < -0.3 is 10.2 Å². The Labute approximate surface area is 123 Å². The molecule has 2 heterocycles. The van der Waals surface area contributed by atoms with Crippen molar-refractivity contribution in [1.29, 1.82) is 0 Å². The number of carbonyl (C=O) groups is 1. The van der Waals surface area contributed by atoms with Crippen LogP contribution in [-0.4, -0.2) is 29.9 Å². The third kappa shape index (κ3) is 1.64. The lowest BCUT2D eigenvalue weighted by molar-refractivity contribution is -0.137. The van der Waals surface area contributed by atoms with Crippen LogP contribution in [-0.2, 0) is 4.79 Å². The molecule has 1 N–H and O–H groups in total. The molecule has 2 aliphatic carbocycles. The largest absolute Gasteiger partial charge is 0.331 e. The Morgan fingerprint density at radius 3 is 2.95 bits per heavy atom. The van der Waals surface area contributed by atoms with Gasteiger partial charge >= 0.3 is 0 Å². The van der Waals surface area contributed by atoms with E-state index in [1.165, 1.54) is 23.3 Å². The van der Waals surface area contributed by atoms with Gasteiger partial charge in [0.25, 0.3) is 0 Å². The Bertz CT molecular complexity index is 565. The summed E-state index contributed by atoms with van der Waals surface area (Å²) in [5.41, 5.74) is 1.43. The van der Waals surface area contributed by atoms with Gasteiger partial charge in [0.1, 0.15) is 6.04 Å². The molecule has 0 spiro atoms. The quantitative estimate of drug-likeness (QED) is 0.849. The normalized spacial score (nSPS) is 35.5. The van der Waals surface area contributed by atoms with Gasteiger partial charge in [-0.05, 0) is 43.3 Å². The van der Waals surface area contributed by atoms with E-state index in [9.17, 15) is 4.79 Å². The van der Waals surface area contributed by atoms with Crippen LogP contribution < -0.4 is 5.32 Å². The van der Waals surface area contributed by atoms with Crippen LogP contribution in [0.1, 0.15) is 48.1 Å². The van der Waals surface area contributed by atoms with Crippen molar-refractivity contribution < 1.29 is 4.79 Å². The van der Waals surface area contributed by atoms with Crippen molar-refractivity contribution in [2.75, 3.05) is 7.05 Å². The van der Waals surface area contributed by atoms with Crippen molar-refractivity contribution >= 4 is 17.2 Å². The summed E-state index contributed by atoms with van der Waals surface area (Å²) in [6.45, 7) is 0. The minimum absolute atomic E-state index is 0.149. The van der Waals surface area contributed by atoms with Crippen LogP contribution in [0.5, 0.6) is 0 Å². The third-order valence-electron chi connectivity index (χ3n) is 5.11. The number of likely N-dealkylation sites (N-methyl/N-ethyl adjacent to an activating group) is 1. The number of nitrogens with one attached hydrogen (secondary N) is 1. The predicted octanol–water partition coefficient (Wildman–Crippen LogP) is 2.82. The zero-order valence-corrected chi connectivity index (χ0v) is 12.5. The standard InChI is InChI=1S/C16H20N2OS/c1-17-14-15-12(8-9-20-15)11-6-3-7-13(11)18(16(14)19)10-4-2-5-10/h2,4,8-11,13-14,17H,3,5-7H2,1H3. The predicted molar refractivity (Wildman–Crippen MR) is 80.9 cm³/mol. The van der Waals surface area contributed by atoms with Crippen LogP contribution in [0.2, 0.25) is 0 Å². The minimum Gasteiger partial charge on any atom is -0.331 e. The van der Waals surface area contributed by atoms with Crippen LogP contribution in [0.3, 0.4) is 0 Å². The zero-order valence-electron chi connectivity index (χ0n) is 11.7. The molecule has 4 rings (SSSR count). The van der Waals surface area contributed by atoms with E-state index >= 15 is 0 Å². The van der Waals surface area contributed by atoms with Crippen molar-refractivity contribution in [2.45, 2.75) is 49.7 Å². The first-order chi connectivity index (χ1) is 9.81. The van der Waals surface area contributed by atoms with Gasteiger partial charge in [0, 0.05) is 16.8 Å². The number of fused-ring (bicyclic) bond motifs is 3. The molecule has 4 heteroatoms. The zero-order chi connectivity index (χ0) is 13.7. The number of amides is 1. The van der Waals surface area contributed by atoms with Crippen LogP contribution in [0.4, 0.5) is 0 Å². The highest BCUT2D eigenvalue weighted by Crippen LogP contribution is 2.47. The van der Waals surface area contributed by atoms with Crippen molar-refractivity contribution in [1.82, 2.24) is 10.2 Å². The third-order valence-corrected chi connectivity index (χ3v) is 6.11. The molecule has 1 fully saturated rings. The Hall–Kier alpha value is -1.13. The van der Waals surface area contributed by atoms with E-state index in [1.54, 1.807) is 11.3 Å². The molecule has 106 valence electrons. The molecule has 3 aliphatic rings. The van der Waals surface area contributed by atoms with Gasteiger partial charge in [-0.15, -0.1) is 11.3 Å². The molecule has 3 nitrogen and oxygen atoms in total. The average molecular weight is 288 g/mol. The summed E-state index contributed by atoms with van der Waals surface area (Å²) >= 11 is 1.74. The first-order valence-corrected chi connectivity index (χ1v) is 8.42. The van der Waals surface area contributed by atoms with Gasteiger partial charge in [-0.2, -0.15) is 0 Å². The fourth-order valence-corrected chi connectivity index (χ4v) is 5.13. The molecule has 4 unspecified atom stereocenters. The van der Waals surface area contributed by atoms with E-state index < -0.39 is 0 Å². The highest BCUT2D eigenvalue weighted by atomic mass is 32.1. The summed E-state index contributed by atoms with van der Waals surface area (Å²) in [5, 5.41) is 5.40. The number of thiophene rings is 1. The van der Waals surface area contributed by atoms with Crippen molar-refractivity contribution in [3.05, 3.63) is 34.0 Å². The molecule has 0 bridgehead atoms. The minimum atomic E-state index is -0.149. The second-order valence-electron chi connectivity index (χ2n) is 6.04. The monoisotopic (exact) mass is 288 g/mol. The molecular formula is C16H20N2OS. The van der Waals surface area contributed by atoms with E-state index in [0.29, 0.717) is 18.0 Å². The summed E-state index contributed by atoms with van der Waals surface area (Å²) in [6, 6.07) is 2.84. The number of carbonyl (C=O) groups excluding carboxylic acids is 1. The number of hydrogen-bond acceptors (Lipinski definition) is 3. The van der Waals surface area contributed by atoms with Crippen LogP contribution in [0.15, 0.2) is 23.6 Å². The highest BCUT2D eigenvalue weighted by molar-refractivity contribution is 7.10. The Morgan fingerprint density at radius 1 is 1.40 bits per heavy atom. The summed E-state index contributed by atoms with van der Waals surface area (Å²) in [7, 11) is 1.90. The van der Waals surface area contributed by atoms with Gasteiger partial charge in [-0.1, -0.05) is 18.6 Å². The molecule has 0 radical (unpaired) electrons. The number of rotatable bonds is 2. The van der Waals surface area contributed by atoms with E-state index in [2.05, 4.69) is 33.8 Å². The lowest BCUT2D eigenvalue weighted by Crippen LogP contribution is -2.50. The van der Waals surface area contributed by atoms with E-state index in [4.69, 9.17) is 0 Å². The summed E-state index contributed by atoms with van der Waals surface area (Å²) < 4.78 is 0. The highest BCUT2D eigenvalue weighted by Gasteiger charge is 2.46. The summed E-state index contributed by atoms with van der Waals surface area (Å²) in [4.78, 5) is 16.5. The number of hydrogen-bond donors (Lipinski definition) is 1. The van der Waals surface area contributed by atoms with E-state index in [0.717, 1.165) is 12.8 Å². The Kier molecular flexibility index (Phi) is 2.97. The molecule has 1 saturated carbocycles. The first-order valence-electron chi connectivity index (χ1n) is 7.54. The maximum absolute atomic E-state index is 13.1. The fourth-order valence-electron chi connectivity index (χ4n) is 4.06. The second kappa shape index (κ2) is 4.71. The maximum Gasteiger partial charge on any atom is 0.245 e. The van der Waals surface area contributed by atoms with Crippen LogP contribution in [0, 0.1) is 0 Å². The molecular weight excluding hydrogens is 268 g/mol. The molecule has 1 aliphatic heterocycles. The second-order valence-corrected chi connectivity index (χ2v) is 6.99. The Balaban J connectivity index is 1.82.